The predicted molar refractivity (Wildman–Crippen MR) is 80.7 cm³/mol. The van der Waals surface area contributed by atoms with E-state index in [1.54, 1.807) is 12.1 Å². The quantitative estimate of drug-likeness (QED) is 0.758. The normalized spacial score (nSPS) is 10.7. The van der Waals surface area contributed by atoms with E-state index < -0.39 is 5.82 Å². The van der Waals surface area contributed by atoms with Gasteiger partial charge in [-0.1, -0.05) is 24.3 Å². The summed E-state index contributed by atoms with van der Waals surface area (Å²) in [6.45, 7) is 0.472. The lowest BCUT2D eigenvalue weighted by molar-refractivity contribution is 0.0950. The number of fused-ring (bicyclic) bond motifs is 1. The maximum atomic E-state index is 13.5. The molecular formula is C17H15FN2O. The highest BCUT2D eigenvalue weighted by molar-refractivity contribution is 5.94. The summed E-state index contributed by atoms with van der Waals surface area (Å²) in [7, 11) is 0. The van der Waals surface area contributed by atoms with Crippen LogP contribution in [0.2, 0.25) is 0 Å². The van der Waals surface area contributed by atoms with E-state index in [4.69, 9.17) is 0 Å². The molecule has 3 rings (SSSR count). The zero-order valence-electron chi connectivity index (χ0n) is 11.4. The average molecular weight is 282 g/mol. The minimum Gasteiger partial charge on any atom is -0.361 e. The summed E-state index contributed by atoms with van der Waals surface area (Å²) < 4.78 is 13.5. The van der Waals surface area contributed by atoms with E-state index in [1.165, 1.54) is 12.1 Å². The Kier molecular flexibility index (Phi) is 3.69. The molecule has 0 aliphatic rings. The number of H-pyrrole nitrogens is 1. The molecule has 0 aliphatic carbocycles. The van der Waals surface area contributed by atoms with Gasteiger partial charge in [-0.3, -0.25) is 4.79 Å². The lowest BCUT2D eigenvalue weighted by Gasteiger charge is -2.06. The van der Waals surface area contributed by atoms with Gasteiger partial charge in [0.15, 0.2) is 0 Å². The monoisotopic (exact) mass is 282 g/mol. The first kappa shape index (κ1) is 13.4. The van der Waals surface area contributed by atoms with Crippen LogP contribution in [0.3, 0.4) is 0 Å². The van der Waals surface area contributed by atoms with E-state index in [1.807, 2.05) is 24.4 Å². The van der Waals surface area contributed by atoms with Gasteiger partial charge in [-0.05, 0) is 41.6 Å². The molecule has 1 amide bonds. The summed E-state index contributed by atoms with van der Waals surface area (Å²) in [6, 6.07) is 14.1. The lowest BCUT2D eigenvalue weighted by Crippen LogP contribution is -2.26. The lowest BCUT2D eigenvalue weighted by atomic mass is 10.1. The van der Waals surface area contributed by atoms with E-state index in [0.29, 0.717) is 13.0 Å². The molecule has 2 N–H and O–H groups in total. The van der Waals surface area contributed by atoms with Gasteiger partial charge < -0.3 is 10.3 Å². The third-order valence-corrected chi connectivity index (χ3v) is 3.44. The van der Waals surface area contributed by atoms with Gasteiger partial charge in [0.05, 0.1) is 5.56 Å². The van der Waals surface area contributed by atoms with Gasteiger partial charge in [0.2, 0.25) is 0 Å². The number of hydrogen-bond donors (Lipinski definition) is 2. The summed E-state index contributed by atoms with van der Waals surface area (Å²) in [5.41, 5.74) is 2.28. The number of benzene rings is 2. The van der Waals surface area contributed by atoms with E-state index in [0.717, 1.165) is 16.5 Å². The highest BCUT2D eigenvalue weighted by Gasteiger charge is 2.09. The Labute approximate surface area is 121 Å². The van der Waals surface area contributed by atoms with E-state index in [9.17, 15) is 9.18 Å². The average Bonchev–Trinajstić information content (AvgIpc) is 2.95. The second-order valence-electron chi connectivity index (χ2n) is 4.89. The van der Waals surface area contributed by atoms with Crippen LogP contribution in [0.1, 0.15) is 15.9 Å². The number of rotatable bonds is 4. The molecule has 0 aliphatic heterocycles. The number of amides is 1. The van der Waals surface area contributed by atoms with Crippen LogP contribution in [0, 0.1) is 5.82 Å². The maximum absolute atomic E-state index is 13.5. The molecule has 0 radical (unpaired) electrons. The first-order valence-corrected chi connectivity index (χ1v) is 6.83. The van der Waals surface area contributed by atoms with Crippen molar-refractivity contribution in [1.82, 2.24) is 10.3 Å². The van der Waals surface area contributed by atoms with E-state index in [2.05, 4.69) is 16.4 Å². The Morgan fingerprint density at radius 1 is 1.14 bits per heavy atom. The maximum Gasteiger partial charge on any atom is 0.254 e. The molecular weight excluding hydrogens is 267 g/mol. The van der Waals surface area contributed by atoms with Crippen molar-refractivity contribution in [3.8, 4) is 0 Å². The van der Waals surface area contributed by atoms with Crippen LogP contribution in [0.5, 0.6) is 0 Å². The molecule has 2 aromatic carbocycles. The van der Waals surface area contributed by atoms with Crippen molar-refractivity contribution in [2.24, 2.45) is 0 Å². The van der Waals surface area contributed by atoms with Crippen molar-refractivity contribution in [3.63, 3.8) is 0 Å². The van der Waals surface area contributed by atoms with Crippen molar-refractivity contribution in [1.29, 1.82) is 0 Å². The molecule has 21 heavy (non-hydrogen) atoms. The van der Waals surface area contributed by atoms with Gasteiger partial charge in [0, 0.05) is 18.3 Å². The molecule has 0 fully saturated rings. The molecule has 3 nitrogen and oxygen atoms in total. The van der Waals surface area contributed by atoms with Crippen LogP contribution >= 0.6 is 0 Å². The highest BCUT2D eigenvalue weighted by Crippen LogP contribution is 2.14. The van der Waals surface area contributed by atoms with Gasteiger partial charge in [-0.25, -0.2) is 4.39 Å². The molecule has 0 saturated carbocycles. The third kappa shape index (κ3) is 2.94. The summed E-state index contributed by atoms with van der Waals surface area (Å²) in [5.74, 6) is -0.878. The first-order chi connectivity index (χ1) is 10.2. The highest BCUT2D eigenvalue weighted by atomic mass is 19.1. The zero-order chi connectivity index (χ0) is 14.7. The minimum atomic E-state index is -0.497. The van der Waals surface area contributed by atoms with Crippen LogP contribution in [0.25, 0.3) is 10.9 Å². The molecule has 1 heterocycles. The zero-order valence-corrected chi connectivity index (χ0v) is 11.4. The van der Waals surface area contributed by atoms with Crippen LogP contribution < -0.4 is 5.32 Å². The topological polar surface area (TPSA) is 44.9 Å². The van der Waals surface area contributed by atoms with Crippen LogP contribution in [0.4, 0.5) is 4.39 Å². The van der Waals surface area contributed by atoms with Crippen LogP contribution in [-0.2, 0) is 6.42 Å². The SMILES string of the molecule is O=C(NCCc1ccc2cc[nH]c2c1)c1ccccc1F. The number of carbonyl (C=O) groups excluding carboxylic acids is 1. The summed E-state index contributed by atoms with van der Waals surface area (Å²) in [5, 5.41) is 3.90. The Balaban J connectivity index is 1.60. The molecule has 0 bridgehead atoms. The van der Waals surface area contributed by atoms with Crippen molar-refractivity contribution in [3.05, 3.63) is 71.7 Å². The number of hydrogen-bond acceptors (Lipinski definition) is 1. The van der Waals surface area contributed by atoms with Gasteiger partial charge in [0.25, 0.3) is 5.91 Å². The fourth-order valence-corrected chi connectivity index (χ4v) is 2.31. The molecule has 0 saturated heterocycles. The van der Waals surface area contributed by atoms with E-state index in [-0.39, 0.29) is 11.5 Å². The standard InChI is InChI=1S/C17H15FN2O/c18-15-4-2-1-3-14(15)17(21)20-9-7-12-5-6-13-8-10-19-16(13)11-12/h1-6,8,10-11,19H,7,9H2,(H,20,21). The van der Waals surface area contributed by atoms with Crippen molar-refractivity contribution >= 4 is 16.8 Å². The molecule has 0 spiro atoms. The molecule has 0 atom stereocenters. The fourth-order valence-electron chi connectivity index (χ4n) is 2.31. The Morgan fingerprint density at radius 2 is 2.00 bits per heavy atom. The number of halogens is 1. The number of aromatic amines is 1. The largest absolute Gasteiger partial charge is 0.361 e. The third-order valence-electron chi connectivity index (χ3n) is 3.44. The predicted octanol–water partition coefficient (Wildman–Crippen LogP) is 3.28. The van der Waals surface area contributed by atoms with Crippen molar-refractivity contribution < 1.29 is 9.18 Å². The molecule has 0 unspecified atom stereocenters. The number of carbonyl (C=O) groups is 1. The number of aromatic nitrogens is 1. The Hall–Kier alpha value is -2.62. The Bertz CT molecular complexity index is 779. The minimum absolute atomic E-state index is 0.0809. The molecule has 3 aromatic rings. The van der Waals surface area contributed by atoms with E-state index >= 15 is 0 Å². The van der Waals surface area contributed by atoms with Crippen LogP contribution in [0.15, 0.2) is 54.7 Å². The molecule has 106 valence electrons. The molecule has 4 heteroatoms. The number of nitrogens with one attached hydrogen (secondary N) is 2. The smallest absolute Gasteiger partial charge is 0.254 e. The van der Waals surface area contributed by atoms with Crippen molar-refractivity contribution in [2.45, 2.75) is 6.42 Å². The Morgan fingerprint density at radius 3 is 2.86 bits per heavy atom. The summed E-state index contributed by atoms with van der Waals surface area (Å²) in [6.07, 6.45) is 2.60. The van der Waals surface area contributed by atoms with Crippen LogP contribution in [-0.4, -0.2) is 17.4 Å². The van der Waals surface area contributed by atoms with Crippen molar-refractivity contribution in [2.75, 3.05) is 6.54 Å². The first-order valence-electron chi connectivity index (χ1n) is 6.83. The van der Waals surface area contributed by atoms with Gasteiger partial charge >= 0.3 is 0 Å². The van der Waals surface area contributed by atoms with Gasteiger partial charge in [-0.2, -0.15) is 0 Å². The van der Waals surface area contributed by atoms with Gasteiger partial charge in [-0.15, -0.1) is 0 Å². The molecule has 1 aromatic heterocycles. The second kappa shape index (κ2) is 5.79. The summed E-state index contributed by atoms with van der Waals surface area (Å²) in [4.78, 5) is 15.0. The second-order valence-corrected chi connectivity index (χ2v) is 4.89. The fraction of sp³-hybridized carbons (Fsp3) is 0.118. The summed E-state index contributed by atoms with van der Waals surface area (Å²) >= 11 is 0. The van der Waals surface area contributed by atoms with Gasteiger partial charge in [0.1, 0.15) is 5.82 Å².